The molecule has 1 aromatic heterocycles. The minimum atomic E-state index is -0.403. The Kier molecular flexibility index (Phi) is 3.21. The van der Waals surface area contributed by atoms with Crippen LogP contribution in [0.15, 0.2) is 12.3 Å². The van der Waals surface area contributed by atoms with Gasteiger partial charge < -0.3 is 10.6 Å². The normalized spacial score (nSPS) is 23.4. The number of rotatable bonds is 3. The summed E-state index contributed by atoms with van der Waals surface area (Å²) in [5, 5.41) is 10.7. The Morgan fingerprint density at radius 2 is 2.39 bits per heavy atom. The van der Waals surface area contributed by atoms with Crippen LogP contribution in [0.1, 0.15) is 18.9 Å². The Hall–Kier alpha value is -1.69. The van der Waals surface area contributed by atoms with E-state index >= 15 is 0 Å². The van der Waals surface area contributed by atoms with Crippen LogP contribution >= 0.6 is 0 Å². The highest BCUT2D eigenvalue weighted by Crippen LogP contribution is 2.32. The van der Waals surface area contributed by atoms with Crippen LogP contribution in [-0.4, -0.2) is 29.5 Å². The van der Waals surface area contributed by atoms with E-state index < -0.39 is 4.92 Å². The van der Waals surface area contributed by atoms with Crippen LogP contribution in [0.2, 0.25) is 0 Å². The number of nitro groups is 1. The van der Waals surface area contributed by atoms with Crippen LogP contribution in [0, 0.1) is 22.5 Å². The lowest BCUT2D eigenvalue weighted by Crippen LogP contribution is -2.31. The molecule has 18 heavy (non-hydrogen) atoms. The lowest BCUT2D eigenvalue weighted by Gasteiger charge is -2.23. The summed E-state index contributed by atoms with van der Waals surface area (Å²) in [5.41, 5.74) is 6.60. The molecule has 1 aromatic rings. The minimum absolute atomic E-state index is 0.0690. The maximum absolute atomic E-state index is 10.7. The van der Waals surface area contributed by atoms with E-state index in [9.17, 15) is 10.1 Å². The maximum Gasteiger partial charge on any atom is 0.290 e. The van der Waals surface area contributed by atoms with E-state index in [1.807, 2.05) is 0 Å². The topological polar surface area (TPSA) is 85.3 Å². The fourth-order valence-electron chi connectivity index (χ4n) is 2.28. The molecule has 2 N–H and O–H groups in total. The molecule has 0 radical (unpaired) electrons. The van der Waals surface area contributed by atoms with Gasteiger partial charge in [0.15, 0.2) is 0 Å². The second-order valence-corrected chi connectivity index (χ2v) is 5.27. The predicted molar refractivity (Wildman–Crippen MR) is 69.6 cm³/mol. The fraction of sp³-hybridized carbons (Fsp3) is 0.583. The third-order valence-electron chi connectivity index (χ3n) is 3.64. The van der Waals surface area contributed by atoms with Gasteiger partial charge in [0.25, 0.3) is 5.69 Å². The first-order chi connectivity index (χ1) is 8.45. The van der Waals surface area contributed by atoms with Gasteiger partial charge in [-0.3, -0.25) is 10.1 Å². The van der Waals surface area contributed by atoms with E-state index in [1.54, 1.807) is 13.0 Å². The van der Waals surface area contributed by atoms with Crippen molar-refractivity contribution in [2.75, 3.05) is 24.5 Å². The third kappa shape index (κ3) is 2.28. The van der Waals surface area contributed by atoms with E-state index in [2.05, 4.69) is 16.8 Å². The van der Waals surface area contributed by atoms with Crippen molar-refractivity contribution in [3.05, 3.63) is 27.9 Å². The quantitative estimate of drug-likeness (QED) is 0.648. The summed E-state index contributed by atoms with van der Waals surface area (Å²) < 4.78 is 0. The first-order valence-electron chi connectivity index (χ1n) is 6.01. The second-order valence-electron chi connectivity index (χ2n) is 5.27. The molecule has 1 fully saturated rings. The van der Waals surface area contributed by atoms with Crippen molar-refractivity contribution < 1.29 is 4.92 Å². The molecule has 1 saturated heterocycles. The number of pyridine rings is 1. The van der Waals surface area contributed by atoms with E-state index in [0.717, 1.165) is 25.3 Å². The van der Waals surface area contributed by atoms with Gasteiger partial charge in [0, 0.05) is 18.7 Å². The molecular weight excluding hydrogens is 232 g/mol. The molecule has 2 heterocycles. The number of nitrogens with zero attached hydrogens (tertiary/aromatic N) is 3. The third-order valence-corrected chi connectivity index (χ3v) is 3.64. The molecule has 2 rings (SSSR count). The summed E-state index contributed by atoms with van der Waals surface area (Å²) >= 11 is 0. The minimum Gasteiger partial charge on any atom is -0.356 e. The molecule has 6 heteroatoms. The fourth-order valence-corrected chi connectivity index (χ4v) is 2.28. The molecule has 1 unspecified atom stereocenters. The highest BCUT2D eigenvalue weighted by molar-refractivity contribution is 5.49. The van der Waals surface area contributed by atoms with Gasteiger partial charge in [-0.1, -0.05) is 6.92 Å². The van der Waals surface area contributed by atoms with Crippen molar-refractivity contribution in [2.45, 2.75) is 20.3 Å². The van der Waals surface area contributed by atoms with E-state index in [4.69, 9.17) is 5.73 Å². The van der Waals surface area contributed by atoms with Gasteiger partial charge in [-0.05, 0) is 31.4 Å². The monoisotopic (exact) mass is 250 g/mol. The summed E-state index contributed by atoms with van der Waals surface area (Å²) in [5.74, 6) is 0.801. The molecule has 0 amide bonds. The smallest absolute Gasteiger partial charge is 0.290 e. The number of hydrogen-bond donors (Lipinski definition) is 1. The number of anilines is 1. The Morgan fingerprint density at radius 1 is 1.67 bits per heavy atom. The van der Waals surface area contributed by atoms with Crippen LogP contribution in [0.5, 0.6) is 0 Å². The summed E-state index contributed by atoms with van der Waals surface area (Å²) in [7, 11) is 0. The maximum atomic E-state index is 10.7. The van der Waals surface area contributed by atoms with Crippen molar-refractivity contribution >= 4 is 11.5 Å². The van der Waals surface area contributed by atoms with Gasteiger partial charge in [0.1, 0.15) is 12.0 Å². The standard InChI is InChI=1S/C12H18N4O2/c1-9-5-11(14-6-10(9)16(17)18)15-4-3-12(2,7-13)8-15/h5-6H,3-4,7-8,13H2,1-2H3. The van der Waals surface area contributed by atoms with Crippen molar-refractivity contribution in [2.24, 2.45) is 11.1 Å². The van der Waals surface area contributed by atoms with Crippen molar-refractivity contribution in [1.82, 2.24) is 4.98 Å². The van der Waals surface area contributed by atoms with Crippen LogP contribution in [0.3, 0.4) is 0 Å². The number of aromatic nitrogens is 1. The highest BCUT2D eigenvalue weighted by Gasteiger charge is 2.33. The van der Waals surface area contributed by atoms with Crippen molar-refractivity contribution in [1.29, 1.82) is 0 Å². The summed E-state index contributed by atoms with van der Waals surface area (Å²) in [4.78, 5) is 16.7. The van der Waals surface area contributed by atoms with Gasteiger partial charge in [0.05, 0.1) is 4.92 Å². The predicted octanol–water partition coefficient (Wildman–Crippen LogP) is 1.47. The molecule has 6 nitrogen and oxygen atoms in total. The van der Waals surface area contributed by atoms with Crippen LogP contribution in [0.4, 0.5) is 11.5 Å². The van der Waals surface area contributed by atoms with Crippen molar-refractivity contribution in [3.63, 3.8) is 0 Å². The average molecular weight is 250 g/mol. The van der Waals surface area contributed by atoms with Gasteiger partial charge in [-0.25, -0.2) is 4.98 Å². The number of hydrogen-bond acceptors (Lipinski definition) is 5. The zero-order chi connectivity index (χ0) is 13.3. The molecule has 0 aromatic carbocycles. The summed E-state index contributed by atoms with van der Waals surface area (Å²) in [6.07, 6.45) is 2.37. The van der Waals surface area contributed by atoms with Gasteiger partial charge >= 0.3 is 0 Å². The average Bonchev–Trinajstić information content (AvgIpc) is 2.72. The summed E-state index contributed by atoms with van der Waals surface area (Å²) in [6.45, 7) is 6.30. The molecule has 1 aliphatic rings. The molecule has 0 spiro atoms. The Bertz CT molecular complexity index is 477. The zero-order valence-electron chi connectivity index (χ0n) is 10.7. The SMILES string of the molecule is Cc1cc(N2CCC(C)(CN)C2)ncc1[N+](=O)[O-]. The molecular formula is C12H18N4O2. The van der Waals surface area contributed by atoms with Crippen molar-refractivity contribution in [3.8, 4) is 0 Å². The van der Waals surface area contributed by atoms with E-state index in [1.165, 1.54) is 6.20 Å². The van der Waals surface area contributed by atoms with Crippen LogP contribution in [-0.2, 0) is 0 Å². The largest absolute Gasteiger partial charge is 0.356 e. The van der Waals surface area contributed by atoms with E-state index in [-0.39, 0.29) is 11.1 Å². The lowest BCUT2D eigenvalue weighted by atomic mass is 9.90. The van der Waals surface area contributed by atoms with E-state index in [0.29, 0.717) is 12.1 Å². The molecule has 1 atom stereocenters. The molecule has 98 valence electrons. The zero-order valence-corrected chi connectivity index (χ0v) is 10.7. The lowest BCUT2D eigenvalue weighted by molar-refractivity contribution is -0.385. The number of nitrogens with two attached hydrogens (primary N) is 1. The second kappa shape index (κ2) is 4.53. The molecule has 0 aliphatic carbocycles. The first-order valence-corrected chi connectivity index (χ1v) is 6.01. The molecule has 0 bridgehead atoms. The molecule has 1 aliphatic heterocycles. The van der Waals surface area contributed by atoms with Gasteiger partial charge in [0.2, 0.25) is 0 Å². The first kappa shape index (κ1) is 12.8. The highest BCUT2D eigenvalue weighted by atomic mass is 16.6. The summed E-state index contributed by atoms with van der Waals surface area (Å²) in [6, 6.07) is 1.78. The Labute approximate surface area is 106 Å². The Morgan fingerprint density at radius 3 is 2.89 bits per heavy atom. The molecule has 0 saturated carbocycles. The van der Waals surface area contributed by atoms with Crippen LogP contribution in [0.25, 0.3) is 0 Å². The van der Waals surface area contributed by atoms with Gasteiger partial charge in [-0.15, -0.1) is 0 Å². The van der Waals surface area contributed by atoms with Crippen LogP contribution < -0.4 is 10.6 Å². The van der Waals surface area contributed by atoms with Gasteiger partial charge in [-0.2, -0.15) is 0 Å². The number of aryl methyl sites for hydroxylation is 1. The Balaban J connectivity index is 2.21.